The van der Waals surface area contributed by atoms with Crippen LogP contribution in [-0.2, 0) is 11.3 Å². The van der Waals surface area contributed by atoms with E-state index in [9.17, 15) is 0 Å². The molecule has 0 amide bonds. The summed E-state index contributed by atoms with van der Waals surface area (Å²) in [5, 5.41) is 3.22. The van der Waals surface area contributed by atoms with Gasteiger partial charge in [0.25, 0.3) is 0 Å². The number of ether oxygens (including phenoxy) is 1. The molecular formula is C14H17BrN4O. The summed E-state index contributed by atoms with van der Waals surface area (Å²) in [5.74, 6) is 1.66. The van der Waals surface area contributed by atoms with Crippen molar-refractivity contribution < 1.29 is 4.74 Å². The van der Waals surface area contributed by atoms with Crippen molar-refractivity contribution in [1.82, 2.24) is 9.97 Å². The van der Waals surface area contributed by atoms with E-state index in [1.54, 1.807) is 6.07 Å². The van der Waals surface area contributed by atoms with Crippen LogP contribution in [0, 0.1) is 6.92 Å². The van der Waals surface area contributed by atoms with Crippen LogP contribution >= 0.6 is 15.9 Å². The Bertz CT molecular complexity index is 604. The van der Waals surface area contributed by atoms with E-state index in [2.05, 4.69) is 31.2 Å². The van der Waals surface area contributed by atoms with Crippen molar-refractivity contribution in [1.29, 1.82) is 0 Å². The van der Waals surface area contributed by atoms with E-state index in [1.165, 1.54) is 0 Å². The highest BCUT2D eigenvalue weighted by Crippen LogP contribution is 2.22. The quantitative estimate of drug-likeness (QED) is 0.875. The number of nitrogen functional groups attached to an aromatic ring is 1. The third-order valence-electron chi connectivity index (χ3n) is 2.66. The average Bonchev–Trinajstić information content (AvgIpc) is 2.40. The number of halogens is 1. The SMILES string of the molecule is CCOCc1nc(N)cc(Nc2ccc(Br)c(C)c2)n1. The van der Waals surface area contributed by atoms with Crippen molar-refractivity contribution in [2.24, 2.45) is 0 Å². The molecular weight excluding hydrogens is 320 g/mol. The van der Waals surface area contributed by atoms with Gasteiger partial charge in [-0.15, -0.1) is 0 Å². The first-order valence-corrected chi connectivity index (χ1v) is 7.12. The molecule has 0 spiro atoms. The number of aryl methyl sites for hydroxylation is 1. The van der Waals surface area contributed by atoms with Crippen LogP contribution in [0.3, 0.4) is 0 Å². The van der Waals surface area contributed by atoms with Crippen molar-refractivity contribution >= 4 is 33.3 Å². The Hall–Kier alpha value is -1.66. The minimum Gasteiger partial charge on any atom is -0.384 e. The number of nitrogens with one attached hydrogen (secondary N) is 1. The van der Waals surface area contributed by atoms with Crippen LogP contribution in [0.4, 0.5) is 17.3 Å². The van der Waals surface area contributed by atoms with Crippen molar-refractivity contribution in [3.8, 4) is 0 Å². The molecule has 0 unspecified atom stereocenters. The van der Waals surface area contributed by atoms with Gasteiger partial charge in [-0.05, 0) is 37.6 Å². The van der Waals surface area contributed by atoms with Crippen molar-refractivity contribution in [3.63, 3.8) is 0 Å². The number of anilines is 3. The van der Waals surface area contributed by atoms with E-state index in [0.717, 1.165) is 15.7 Å². The standard InChI is InChI=1S/C14H17BrN4O/c1-3-20-8-14-18-12(16)7-13(19-14)17-10-4-5-11(15)9(2)6-10/h4-7H,3,8H2,1-2H3,(H3,16,17,18,19). The van der Waals surface area contributed by atoms with Crippen LogP contribution in [0.1, 0.15) is 18.3 Å². The van der Waals surface area contributed by atoms with Crippen LogP contribution in [0.25, 0.3) is 0 Å². The predicted octanol–water partition coefficient (Wildman–Crippen LogP) is 3.41. The van der Waals surface area contributed by atoms with E-state index in [0.29, 0.717) is 30.7 Å². The third-order valence-corrected chi connectivity index (χ3v) is 3.55. The third kappa shape index (κ3) is 3.91. The van der Waals surface area contributed by atoms with Gasteiger partial charge in [0.05, 0.1) is 0 Å². The zero-order valence-corrected chi connectivity index (χ0v) is 13.1. The molecule has 2 aromatic rings. The molecule has 1 aromatic carbocycles. The molecule has 20 heavy (non-hydrogen) atoms. The predicted molar refractivity (Wildman–Crippen MR) is 83.9 cm³/mol. The van der Waals surface area contributed by atoms with Gasteiger partial charge in [-0.2, -0.15) is 0 Å². The summed E-state index contributed by atoms with van der Waals surface area (Å²) in [6.45, 7) is 4.93. The maximum atomic E-state index is 5.78. The molecule has 0 bridgehead atoms. The molecule has 106 valence electrons. The second-order valence-electron chi connectivity index (χ2n) is 4.32. The second kappa shape index (κ2) is 6.67. The number of rotatable bonds is 5. The molecule has 6 heteroatoms. The van der Waals surface area contributed by atoms with Gasteiger partial charge in [0.2, 0.25) is 0 Å². The Kier molecular flexibility index (Phi) is 4.92. The van der Waals surface area contributed by atoms with Gasteiger partial charge in [-0.3, -0.25) is 0 Å². The summed E-state index contributed by atoms with van der Waals surface area (Å²) in [7, 11) is 0. The van der Waals surface area contributed by atoms with Crippen molar-refractivity contribution in [3.05, 3.63) is 40.1 Å². The summed E-state index contributed by atoms with van der Waals surface area (Å²) in [6.07, 6.45) is 0. The lowest BCUT2D eigenvalue weighted by atomic mass is 10.2. The summed E-state index contributed by atoms with van der Waals surface area (Å²) in [5.41, 5.74) is 7.88. The summed E-state index contributed by atoms with van der Waals surface area (Å²) in [6, 6.07) is 7.69. The molecule has 0 fully saturated rings. The minimum atomic E-state index is 0.357. The van der Waals surface area contributed by atoms with Gasteiger partial charge in [0, 0.05) is 22.8 Å². The highest BCUT2D eigenvalue weighted by Gasteiger charge is 2.04. The number of aromatic nitrogens is 2. The molecule has 0 saturated carbocycles. The van der Waals surface area contributed by atoms with Crippen LogP contribution < -0.4 is 11.1 Å². The maximum absolute atomic E-state index is 5.78. The van der Waals surface area contributed by atoms with Crippen LogP contribution in [0.5, 0.6) is 0 Å². The molecule has 1 aromatic heterocycles. The average molecular weight is 337 g/mol. The monoisotopic (exact) mass is 336 g/mol. The molecule has 0 aliphatic carbocycles. The molecule has 5 nitrogen and oxygen atoms in total. The lowest BCUT2D eigenvalue weighted by Gasteiger charge is -2.09. The molecule has 1 heterocycles. The Balaban J connectivity index is 2.19. The molecule has 0 radical (unpaired) electrons. The fourth-order valence-electron chi connectivity index (χ4n) is 1.71. The molecule has 0 aliphatic rings. The highest BCUT2D eigenvalue weighted by atomic mass is 79.9. The van der Waals surface area contributed by atoms with E-state index in [-0.39, 0.29) is 0 Å². The second-order valence-corrected chi connectivity index (χ2v) is 5.17. The van der Waals surface area contributed by atoms with Gasteiger partial charge in [0.1, 0.15) is 18.2 Å². The summed E-state index contributed by atoms with van der Waals surface area (Å²) in [4.78, 5) is 8.52. The molecule has 3 N–H and O–H groups in total. The fraction of sp³-hybridized carbons (Fsp3) is 0.286. The topological polar surface area (TPSA) is 73.1 Å². The number of nitrogens with two attached hydrogens (primary N) is 1. The van der Waals surface area contributed by atoms with Crippen LogP contribution in [-0.4, -0.2) is 16.6 Å². The van der Waals surface area contributed by atoms with E-state index < -0.39 is 0 Å². The van der Waals surface area contributed by atoms with Crippen molar-refractivity contribution in [2.45, 2.75) is 20.5 Å². The van der Waals surface area contributed by atoms with E-state index in [1.807, 2.05) is 32.0 Å². The van der Waals surface area contributed by atoms with Gasteiger partial charge in [-0.1, -0.05) is 15.9 Å². The fourth-order valence-corrected chi connectivity index (χ4v) is 1.96. The first-order valence-electron chi connectivity index (χ1n) is 6.33. The Labute approximate surface area is 126 Å². The zero-order chi connectivity index (χ0) is 14.5. The lowest BCUT2D eigenvalue weighted by Crippen LogP contribution is -2.05. The van der Waals surface area contributed by atoms with Gasteiger partial charge in [0.15, 0.2) is 5.82 Å². The van der Waals surface area contributed by atoms with E-state index >= 15 is 0 Å². The summed E-state index contributed by atoms with van der Waals surface area (Å²) >= 11 is 3.48. The molecule has 2 rings (SSSR count). The Morgan fingerprint density at radius 1 is 1.30 bits per heavy atom. The van der Waals surface area contributed by atoms with Gasteiger partial charge >= 0.3 is 0 Å². The largest absolute Gasteiger partial charge is 0.384 e. The molecule has 0 atom stereocenters. The maximum Gasteiger partial charge on any atom is 0.158 e. The first-order chi connectivity index (χ1) is 9.58. The highest BCUT2D eigenvalue weighted by molar-refractivity contribution is 9.10. The van der Waals surface area contributed by atoms with Gasteiger partial charge < -0.3 is 15.8 Å². The number of benzene rings is 1. The lowest BCUT2D eigenvalue weighted by molar-refractivity contribution is 0.128. The van der Waals surface area contributed by atoms with Crippen LogP contribution in [0.2, 0.25) is 0 Å². The minimum absolute atomic E-state index is 0.357. The van der Waals surface area contributed by atoms with Crippen LogP contribution in [0.15, 0.2) is 28.7 Å². The normalized spacial score (nSPS) is 10.6. The summed E-state index contributed by atoms with van der Waals surface area (Å²) < 4.78 is 6.37. The number of hydrogen-bond acceptors (Lipinski definition) is 5. The molecule has 0 aliphatic heterocycles. The smallest absolute Gasteiger partial charge is 0.158 e. The molecule has 0 saturated heterocycles. The van der Waals surface area contributed by atoms with Crippen molar-refractivity contribution in [2.75, 3.05) is 17.7 Å². The Morgan fingerprint density at radius 3 is 2.80 bits per heavy atom. The van der Waals surface area contributed by atoms with Gasteiger partial charge in [-0.25, -0.2) is 9.97 Å². The Morgan fingerprint density at radius 2 is 2.10 bits per heavy atom. The number of hydrogen-bond donors (Lipinski definition) is 2. The zero-order valence-electron chi connectivity index (χ0n) is 11.5. The van der Waals surface area contributed by atoms with E-state index in [4.69, 9.17) is 10.5 Å². The first kappa shape index (κ1) is 14.7. The number of nitrogens with zero attached hydrogens (tertiary/aromatic N) is 2.